The minimum Gasteiger partial charge on any atom is -0.469 e. The number of aromatic nitrogens is 1. The van der Waals surface area contributed by atoms with Gasteiger partial charge < -0.3 is 10.1 Å². The lowest BCUT2D eigenvalue weighted by Gasteiger charge is -2.38. The number of nitrogens with one attached hydrogen (secondary N) is 1. The molecule has 10 heteroatoms. The molecule has 0 saturated carbocycles. The van der Waals surface area contributed by atoms with Gasteiger partial charge in [0.25, 0.3) is 0 Å². The molecule has 1 aromatic rings. The van der Waals surface area contributed by atoms with E-state index in [-0.39, 0.29) is 12.0 Å². The van der Waals surface area contributed by atoms with Crippen LogP contribution in [0.4, 0.5) is 13.2 Å². The highest BCUT2D eigenvalue weighted by Gasteiger charge is 2.36. The van der Waals surface area contributed by atoms with Crippen molar-refractivity contribution in [2.24, 2.45) is 0 Å². The molecule has 0 aromatic carbocycles. The first-order chi connectivity index (χ1) is 12.8. The Morgan fingerprint density at radius 1 is 1.37 bits per heavy atom. The summed E-state index contributed by atoms with van der Waals surface area (Å²) in [5, 5.41) is 4.49. The number of piperazine rings is 1. The number of hydrogen-bond acceptors (Lipinski definition) is 7. The Bertz CT molecular complexity index is 632. The van der Waals surface area contributed by atoms with Gasteiger partial charge in [-0.3, -0.25) is 14.6 Å². The predicted molar refractivity (Wildman–Crippen MR) is 95.7 cm³/mol. The molecule has 0 radical (unpaired) electrons. The second-order valence-corrected chi connectivity index (χ2v) is 8.17. The van der Waals surface area contributed by atoms with Crippen LogP contribution >= 0.6 is 11.3 Å². The third-order valence-electron chi connectivity index (χ3n) is 5.11. The van der Waals surface area contributed by atoms with Crippen LogP contribution in [0.25, 0.3) is 0 Å². The van der Waals surface area contributed by atoms with Crippen molar-refractivity contribution in [3.8, 4) is 0 Å². The molecule has 152 valence electrons. The third-order valence-corrected chi connectivity index (χ3v) is 6.28. The fourth-order valence-electron chi connectivity index (χ4n) is 3.65. The number of alkyl halides is 3. The molecule has 0 spiro atoms. The van der Waals surface area contributed by atoms with Gasteiger partial charge in [-0.05, 0) is 12.8 Å². The quantitative estimate of drug-likeness (QED) is 0.728. The third kappa shape index (κ3) is 5.87. The van der Waals surface area contributed by atoms with Crippen molar-refractivity contribution in [3.63, 3.8) is 0 Å². The SMILES string of the molecule is COC(=O)CCc1cnc([C@@H]2C[C@H](N3CCN(CC(F)(F)F)CC3)CN2)s1. The Morgan fingerprint density at radius 2 is 2.11 bits per heavy atom. The first-order valence-corrected chi connectivity index (χ1v) is 9.93. The number of carbonyl (C=O) groups excluding carboxylic acids is 1. The topological polar surface area (TPSA) is 57.7 Å². The first-order valence-electron chi connectivity index (χ1n) is 9.12. The summed E-state index contributed by atoms with van der Waals surface area (Å²) in [5.74, 6) is -0.228. The molecule has 2 saturated heterocycles. The van der Waals surface area contributed by atoms with E-state index in [1.807, 2.05) is 6.20 Å². The molecule has 3 rings (SSSR count). The van der Waals surface area contributed by atoms with E-state index in [1.165, 1.54) is 12.0 Å². The summed E-state index contributed by atoms with van der Waals surface area (Å²) in [6, 6.07) is 0.491. The van der Waals surface area contributed by atoms with Crippen molar-refractivity contribution < 1.29 is 22.7 Å². The fourth-order valence-corrected chi connectivity index (χ4v) is 4.66. The van der Waals surface area contributed by atoms with E-state index >= 15 is 0 Å². The Balaban J connectivity index is 1.45. The highest BCUT2D eigenvalue weighted by Crippen LogP contribution is 2.30. The minimum atomic E-state index is -4.13. The van der Waals surface area contributed by atoms with E-state index in [9.17, 15) is 18.0 Å². The van der Waals surface area contributed by atoms with Crippen molar-refractivity contribution in [1.29, 1.82) is 0 Å². The van der Waals surface area contributed by atoms with E-state index in [2.05, 4.69) is 19.9 Å². The molecule has 0 amide bonds. The summed E-state index contributed by atoms with van der Waals surface area (Å²) in [5.41, 5.74) is 0. The maximum atomic E-state index is 12.5. The summed E-state index contributed by atoms with van der Waals surface area (Å²) in [4.78, 5) is 20.5. The lowest BCUT2D eigenvalue weighted by Crippen LogP contribution is -2.52. The molecular formula is C17H25F3N4O2S. The zero-order chi connectivity index (χ0) is 19.4. The Morgan fingerprint density at radius 3 is 2.78 bits per heavy atom. The van der Waals surface area contributed by atoms with Gasteiger partial charge in [0.15, 0.2) is 0 Å². The zero-order valence-electron chi connectivity index (χ0n) is 15.3. The number of rotatable bonds is 6. The second kappa shape index (κ2) is 8.85. The smallest absolute Gasteiger partial charge is 0.401 e. The van der Waals surface area contributed by atoms with Crippen molar-refractivity contribution in [3.05, 3.63) is 16.1 Å². The van der Waals surface area contributed by atoms with Crippen LogP contribution in [0, 0.1) is 0 Å². The standard InChI is InChI=1S/C17H25F3N4O2S/c1-26-15(25)3-2-13-10-22-16(27-13)14-8-12(9-21-14)24-6-4-23(5-7-24)11-17(18,19)20/h10,12,14,21H,2-9,11H2,1H3/t12-,14-/m0/s1. The maximum absolute atomic E-state index is 12.5. The Kier molecular flexibility index (Phi) is 6.72. The van der Waals surface area contributed by atoms with E-state index in [0.717, 1.165) is 22.9 Å². The van der Waals surface area contributed by atoms with Crippen molar-refractivity contribution in [2.45, 2.75) is 37.5 Å². The van der Waals surface area contributed by atoms with E-state index in [0.29, 0.717) is 45.1 Å². The number of hydrogen-bond donors (Lipinski definition) is 1. The van der Waals surface area contributed by atoms with Crippen molar-refractivity contribution in [1.82, 2.24) is 20.1 Å². The molecule has 2 aliphatic heterocycles. The molecule has 0 unspecified atom stereocenters. The molecule has 1 N–H and O–H groups in total. The van der Waals surface area contributed by atoms with Crippen LogP contribution in [0.1, 0.15) is 28.8 Å². The lowest BCUT2D eigenvalue weighted by atomic mass is 10.1. The highest BCUT2D eigenvalue weighted by molar-refractivity contribution is 7.11. The summed E-state index contributed by atoms with van der Waals surface area (Å²) < 4.78 is 42.2. The number of carbonyl (C=O) groups is 1. The van der Waals surface area contributed by atoms with Gasteiger partial charge in [0.05, 0.1) is 26.1 Å². The normalized spacial score (nSPS) is 25.0. The van der Waals surface area contributed by atoms with Crippen LogP contribution in [0.2, 0.25) is 0 Å². The Hall–Kier alpha value is -1.23. The average molecular weight is 406 g/mol. The van der Waals surface area contributed by atoms with Gasteiger partial charge in [-0.25, -0.2) is 4.98 Å². The van der Waals surface area contributed by atoms with E-state index in [4.69, 9.17) is 0 Å². The molecule has 2 fully saturated rings. The summed E-state index contributed by atoms with van der Waals surface area (Å²) in [6.07, 6.45) is -0.432. The van der Waals surface area contributed by atoms with Crippen LogP contribution in [0.15, 0.2) is 6.20 Å². The van der Waals surface area contributed by atoms with E-state index in [1.54, 1.807) is 11.3 Å². The molecular weight excluding hydrogens is 381 g/mol. The zero-order valence-corrected chi connectivity index (χ0v) is 16.1. The van der Waals surface area contributed by atoms with Gasteiger partial charge in [-0.15, -0.1) is 11.3 Å². The van der Waals surface area contributed by atoms with Crippen LogP contribution in [-0.2, 0) is 16.0 Å². The molecule has 1 aromatic heterocycles. The molecule has 0 bridgehead atoms. The van der Waals surface area contributed by atoms with Crippen molar-refractivity contribution >= 4 is 17.3 Å². The summed E-state index contributed by atoms with van der Waals surface area (Å²) in [6.45, 7) is 2.24. The fraction of sp³-hybridized carbons (Fsp3) is 0.765. The Labute approximate surface area is 160 Å². The number of halogens is 3. The van der Waals surface area contributed by atoms with E-state index < -0.39 is 12.7 Å². The largest absolute Gasteiger partial charge is 0.469 e. The second-order valence-electron chi connectivity index (χ2n) is 7.02. The monoisotopic (exact) mass is 406 g/mol. The van der Waals surface area contributed by atoms with Crippen molar-refractivity contribution in [2.75, 3.05) is 46.4 Å². The van der Waals surface area contributed by atoms with Crippen LogP contribution in [0.3, 0.4) is 0 Å². The van der Waals surface area contributed by atoms with Gasteiger partial charge in [-0.1, -0.05) is 0 Å². The molecule has 27 heavy (non-hydrogen) atoms. The van der Waals surface area contributed by atoms with Crippen LogP contribution in [0.5, 0.6) is 0 Å². The van der Waals surface area contributed by atoms with Crippen LogP contribution < -0.4 is 5.32 Å². The lowest BCUT2D eigenvalue weighted by molar-refractivity contribution is -0.149. The summed E-state index contributed by atoms with van der Waals surface area (Å²) in [7, 11) is 1.38. The highest BCUT2D eigenvalue weighted by atomic mass is 32.1. The molecule has 2 aliphatic rings. The molecule has 3 heterocycles. The van der Waals surface area contributed by atoms with Gasteiger partial charge in [-0.2, -0.15) is 13.2 Å². The van der Waals surface area contributed by atoms with Gasteiger partial charge in [0.2, 0.25) is 0 Å². The number of aryl methyl sites for hydroxylation is 1. The predicted octanol–water partition coefficient (Wildman–Crippen LogP) is 1.83. The number of thiazole rings is 1. The maximum Gasteiger partial charge on any atom is 0.401 e. The van der Waals surface area contributed by atoms with Gasteiger partial charge >= 0.3 is 12.1 Å². The summed E-state index contributed by atoms with van der Waals surface area (Å²) >= 11 is 1.60. The number of esters is 1. The number of ether oxygens (including phenoxy) is 1. The number of methoxy groups -OCH3 is 1. The first kappa shape index (κ1) is 20.5. The molecule has 2 atom stereocenters. The van der Waals surface area contributed by atoms with Gasteiger partial charge in [0.1, 0.15) is 5.01 Å². The van der Waals surface area contributed by atoms with Crippen LogP contribution in [-0.4, -0.2) is 79.3 Å². The average Bonchev–Trinajstić information content (AvgIpc) is 3.28. The number of nitrogens with zero attached hydrogens (tertiary/aromatic N) is 3. The van der Waals surface area contributed by atoms with Gasteiger partial charge in [0, 0.05) is 49.8 Å². The molecule has 0 aliphatic carbocycles. The molecule has 6 nitrogen and oxygen atoms in total. The minimum absolute atomic E-state index is 0.167.